The SMILES string of the molecule is COc1cccnc1-c1cc(N)nc(C)n1. The van der Waals surface area contributed by atoms with Crippen molar-refractivity contribution in [2.24, 2.45) is 0 Å². The molecule has 0 spiro atoms. The van der Waals surface area contributed by atoms with Crippen LogP contribution in [-0.2, 0) is 0 Å². The fourth-order valence-electron chi connectivity index (χ4n) is 1.46. The highest BCUT2D eigenvalue weighted by Crippen LogP contribution is 2.26. The summed E-state index contributed by atoms with van der Waals surface area (Å²) >= 11 is 0. The molecule has 0 saturated carbocycles. The van der Waals surface area contributed by atoms with Gasteiger partial charge >= 0.3 is 0 Å². The van der Waals surface area contributed by atoms with Crippen LogP contribution in [0.4, 0.5) is 5.82 Å². The number of hydrogen-bond donors (Lipinski definition) is 1. The molecule has 0 aromatic carbocycles. The lowest BCUT2D eigenvalue weighted by Gasteiger charge is -2.07. The summed E-state index contributed by atoms with van der Waals surface area (Å²) in [6.07, 6.45) is 1.69. The molecular weight excluding hydrogens is 204 g/mol. The molecule has 0 aliphatic rings. The second kappa shape index (κ2) is 4.14. The van der Waals surface area contributed by atoms with Gasteiger partial charge in [0, 0.05) is 12.3 Å². The van der Waals surface area contributed by atoms with E-state index in [1.54, 1.807) is 32.4 Å². The zero-order chi connectivity index (χ0) is 11.5. The van der Waals surface area contributed by atoms with Crippen LogP contribution < -0.4 is 10.5 Å². The molecular formula is C11H12N4O. The Morgan fingerprint density at radius 3 is 2.81 bits per heavy atom. The van der Waals surface area contributed by atoms with E-state index in [0.717, 1.165) is 0 Å². The predicted molar refractivity (Wildman–Crippen MR) is 61.0 cm³/mol. The summed E-state index contributed by atoms with van der Waals surface area (Å²) in [5, 5.41) is 0. The highest BCUT2D eigenvalue weighted by atomic mass is 16.5. The molecule has 2 heterocycles. The van der Waals surface area contributed by atoms with E-state index >= 15 is 0 Å². The molecule has 5 nitrogen and oxygen atoms in total. The number of nitrogen functional groups attached to an aromatic ring is 1. The molecule has 0 aliphatic carbocycles. The molecule has 0 amide bonds. The van der Waals surface area contributed by atoms with Gasteiger partial charge < -0.3 is 10.5 Å². The summed E-state index contributed by atoms with van der Waals surface area (Å²) in [7, 11) is 1.60. The van der Waals surface area contributed by atoms with Crippen molar-refractivity contribution in [3.8, 4) is 17.1 Å². The van der Waals surface area contributed by atoms with E-state index < -0.39 is 0 Å². The zero-order valence-corrected chi connectivity index (χ0v) is 9.14. The number of rotatable bonds is 2. The van der Waals surface area contributed by atoms with Crippen LogP contribution in [0.5, 0.6) is 5.75 Å². The third-order valence-electron chi connectivity index (χ3n) is 2.09. The molecule has 82 valence electrons. The molecule has 0 unspecified atom stereocenters. The van der Waals surface area contributed by atoms with Crippen LogP contribution in [0.15, 0.2) is 24.4 Å². The van der Waals surface area contributed by atoms with E-state index in [4.69, 9.17) is 10.5 Å². The minimum Gasteiger partial charge on any atom is -0.494 e. The number of ether oxygens (including phenoxy) is 1. The van der Waals surface area contributed by atoms with Gasteiger partial charge in [0.05, 0.1) is 12.8 Å². The summed E-state index contributed by atoms with van der Waals surface area (Å²) < 4.78 is 5.22. The molecule has 16 heavy (non-hydrogen) atoms. The fourth-order valence-corrected chi connectivity index (χ4v) is 1.46. The first kappa shape index (κ1) is 10.4. The lowest BCUT2D eigenvalue weighted by atomic mass is 10.2. The number of anilines is 1. The molecule has 0 fully saturated rings. The third-order valence-corrected chi connectivity index (χ3v) is 2.09. The average Bonchev–Trinajstić information content (AvgIpc) is 2.27. The predicted octanol–water partition coefficient (Wildman–Crippen LogP) is 1.44. The van der Waals surface area contributed by atoms with E-state index in [1.807, 2.05) is 6.07 Å². The van der Waals surface area contributed by atoms with Crippen LogP contribution in [0.25, 0.3) is 11.4 Å². The molecule has 0 atom stereocenters. The molecule has 5 heteroatoms. The first-order valence-corrected chi connectivity index (χ1v) is 4.81. The number of hydrogen-bond acceptors (Lipinski definition) is 5. The molecule has 0 saturated heterocycles. The summed E-state index contributed by atoms with van der Waals surface area (Å²) in [5.41, 5.74) is 7.01. The maximum Gasteiger partial charge on any atom is 0.146 e. The monoisotopic (exact) mass is 216 g/mol. The summed E-state index contributed by atoms with van der Waals surface area (Å²) in [5.74, 6) is 1.71. The van der Waals surface area contributed by atoms with Gasteiger partial charge in [-0.1, -0.05) is 0 Å². The first-order chi connectivity index (χ1) is 7.70. The van der Waals surface area contributed by atoms with E-state index in [1.165, 1.54) is 0 Å². The minimum absolute atomic E-state index is 0.426. The zero-order valence-electron chi connectivity index (χ0n) is 9.14. The van der Waals surface area contributed by atoms with Crippen LogP contribution in [0.1, 0.15) is 5.82 Å². The smallest absolute Gasteiger partial charge is 0.146 e. The van der Waals surface area contributed by atoms with Crippen molar-refractivity contribution < 1.29 is 4.74 Å². The molecule has 2 aromatic rings. The Morgan fingerprint density at radius 1 is 1.31 bits per heavy atom. The van der Waals surface area contributed by atoms with E-state index in [9.17, 15) is 0 Å². The molecule has 2 N–H and O–H groups in total. The van der Waals surface area contributed by atoms with E-state index in [2.05, 4.69) is 15.0 Å². The van der Waals surface area contributed by atoms with Crippen LogP contribution in [-0.4, -0.2) is 22.1 Å². The Bertz CT molecular complexity index is 493. The van der Waals surface area contributed by atoms with Crippen molar-refractivity contribution >= 4 is 5.82 Å². The number of nitrogens with two attached hydrogens (primary N) is 1. The highest BCUT2D eigenvalue weighted by Gasteiger charge is 2.09. The highest BCUT2D eigenvalue weighted by molar-refractivity contribution is 5.64. The Labute approximate surface area is 93.3 Å². The number of nitrogens with zero attached hydrogens (tertiary/aromatic N) is 3. The van der Waals surface area contributed by atoms with Crippen molar-refractivity contribution in [3.63, 3.8) is 0 Å². The van der Waals surface area contributed by atoms with Gasteiger partial charge in [-0.05, 0) is 19.1 Å². The minimum atomic E-state index is 0.426. The standard InChI is InChI=1S/C11H12N4O/c1-7-14-8(6-10(12)15-7)11-9(16-2)4-3-5-13-11/h3-6H,1-2H3,(H2,12,14,15). The summed E-state index contributed by atoms with van der Waals surface area (Å²) in [6, 6.07) is 5.31. The maximum atomic E-state index is 5.67. The quantitative estimate of drug-likeness (QED) is 0.822. The van der Waals surface area contributed by atoms with Gasteiger partial charge in [-0.3, -0.25) is 4.98 Å². The van der Waals surface area contributed by atoms with Crippen molar-refractivity contribution in [2.75, 3.05) is 12.8 Å². The summed E-state index contributed by atoms with van der Waals surface area (Å²) in [6.45, 7) is 1.79. The Kier molecular flexibility index (Phi) is 2.68. The Hall–Kier alpha value is -2.17. The van der Waals surface area contributed by atoms with Crippen molar-refractivity contribution in [1.82, 2.24) is 15.0 Å². The van der Waals surface area contributed by atoms with Gasteiger partial charge in [-0.2, -0.15) is 0 Å². The van der Waals surface area contributed by atoms with Gasteiger partial charge in [0.1, 0.15) is 23.1 Å². The number of pyridine rings is 1. The van der Waals surface area contributed by atoms with Gasteiger partial charge in [0.15, 0.2) is 0 Å². The van der Waals surface area contributed by atoms with Gasteiger partial charge in [-0.25, -0.2) is 9.97 Å². The largest absolute Gasteiger partial charge is 0.494 e. The average molecular weight is 216 g/mol. The normalized spacial score (nSPS) is 10.1. The number of aromatic nitrogens is 3. The van der Waals surface area contributed by atoms with Crippen LogP contribution in [0.3, 0.4) is 0 Å². The van der Waals surface area contributed by atoms with Gasteiger partial charge in [-0.15, -0.1) is 0 Å². The lowest BCUT2D eigenvalue weighted by molar-refractivity contribution is 0.414. The van der Waals surface area contributed by atoms with Gasteiger partial charge in [0.2, 0.25) is 0 Å². The number of aryl methyl sites for hydroxylation is 1. The molecule has 0 radical (unpaired) electrons. The lowest BCUT2D eigenvalue weighted by Crippen LogP contribution is -1.99. The Morgan fingerprint density at radius 2 is 2.12 bits per heavy atom. The second-order valence-corrected chi connectivity index (χ2v) is 3.28. The van der Waals surface area contributed by atoms with Crippen LogP contribution in [0, 0.1) is 6.92 Å². The molecule has 0 bridgehead atoms. The Balaban J connectivity index is 2.58. The van der Waals surface area contributed by atoms with Crippen molar-refractivity contribution in [3.05, 3.63) is 30.2 Å². The molecule has 0 aliphatic heterocycles. The summed E-state index contributed by atoms with van der Waals surface area (Å²) in [4.78, 5) is 12.5. The van der Waals surface area contributed by atoms with Crippen LogP contribution in [0.2, 0.25) is 0 Å². The topological polar surface area (TPSA) is 73.9 Å². The molecule has 2 rings (SSSR count). The third kappa shape index (κ3) is 1.93. The van der Waals surface area contributed by atoms with Crippen molar-refractivity contribution in [2.45, 2.75) is 6.92 Å². The van der Waals surface area contributed by atoms with E-state index in [-0.39, 0.29) is 0 Å². The second-order valence-electron chi connectivity index (χ2n) is 3.28. The van der Waals surface area contributed by atoms with Gasteiger partial charge in [0.25, 0.3) is 0 Å². The molecule has 2 aromatic heterocycles. The van der Waals surface area contributed by atoms with E-state index in [0.29, 0.717) is 28.8 Å². The van der Waals surface area contributed by atoms with Crippen molar-refractivity contribution in [1.29, 1.82) is 0 Å². The fraction of sp³-hybridized carbons (Fsp3) is 0.182. The number of methoxy groups -OCH3 is 1. The first-order valence-electron chi connectivity index (χ1n) is 4.81. The van der Waals surface area contributed by atoms with Crippen LogP contribution >= 0.6 is 0 Å². The maximum absolute atomic E-state index is 5.67.